The van der Waals surface area contributed by atoms with Gasteiger partial charge < -0.3 is 28.8 Å². The lowest BCUT2D eigenvalue weighted by Gasteiger charge is -2.30. The van der Waals surface area contributed by atoms with Crippen molar-refractivity contribution in [3.8, 4) is 0 Å². The summed E-state index contributed by atoms with van der Waals surface area (Å²) in [6.45, 7) is 4.71. The number of unbranched alkanes of at least 4 members (excludes halogenated alkanes) is 27. The molecule has 3 atom stereocenters. The lowest BCUT2D eigenvalue weighted by atomic mass is 10.0. The first-order valence-corrected chi connectivity index (χ1v) is 24.5. The zero-order chi connectivity index (χ0) is 40.0. The average Bonchev–Trinajstić information content (AvgIpc) is 3.12. The first-order chi connectivity index (χ1) is 26.0. The molecule has 0 aliphatic rings. The minimum absolute atomic E-state index is 0.00973. The highest BCUT2D eigenvalue weighted by Crippen LogP contribution is 2.38. The second kappa shape index (κ2) is 37.8. The number of hydrogen-bond acceptors (Lipinski definition) is 6. The lowest BCUT2D eigenvalue weighted by molar-refractivity contribution is -0.870. The van der Waals surface area contributed by atoms with Crippen LogP contribution < -0.4 is 10.2 Å². The molecule has 8 nitrogen and oxygen atoms in total. The van der Waals surface area contributed by atoms with Crippen LogP contribution in [0.2, 0.25) is 0 Å². The fourth-order valence-corrected chi connectivity index (χ4v) is 7.52. The van der Waals surface area contributed by atoms with Gasteiger partial charge in [0, 0.05) is 6.42 Å². The molecule has 322 valence electrons. The van der Waals surface area contributed by atoms with Crippen molar-refractivity contribution in [1.82, 2.24) is 5.32 Å². The van der Waals surface area contributed by atoms with Gasteiger partial charge in [-0.3, -0.25) is 9.36 Å². The van der Waals surface area contributed by atoms with Crippen molar-refractivity contribution in [3.63, 3.8) is 0 Å². The molecule has 0 aliphatic carbocycles. The maximum Gasteiger partial charge on any atom is 0.268 e. The second-order valence-electron chi connectivity index (χ2n) is 17.1. The van der Waals surface area contributed by atoms with Crippen molar-refractivity contribution >= 4 is 13.7 Å². The maximum absolute atomic E-state index is 12.9. The molecule has 0 aromatic heterocycles. The van der Waals surface area contributed by atoms with E-state index in [1.165, 1.54) is 148 Å². The Hall–Kier alpha value is -0.760. The number of rotatable bonds is 42. The molecular weight excluding hydrogens is 695 g/mol. The number of nitrogens with one attached hydrogen (secondary N) is 1. The minimum atomic E-state index is -4.57. The highest BCUT2D eigenvalue weighted by molar-refractivity contribution is 7.45. The molecule has 1 unspecified atom stereocenters. The predicted molar refractivity (Wildman–Crippen MR) is 229 cm³/mol. The van der Waals surface area contributed by atoms with Crippen LogP contribution in [0.4, 0.5) is 0 Å². The Morgan fingerprint density at radius 2 is 1.02 bits per heavy atom. The largest absolute Gasteiger partial charge is 0.756 e. The molecule has 54 heavy (non-hydrogen) atoms. The zero-order valence-electron chi connectivity index (χ0n) is 36.4. The highest BCUT2D eigenvalue weighted by atomic mass is 31.2. The summed E-state index contributed by atoms with van der Waals surface area (Å²) >= 11 is 0. The van der Waals surface area contributed by atoms with Gasteiger partial charge in [0.2, 0.25) is 5.91 Å². The third kappa shape index (κ3) is 39.5. The Labute approximate surface area is 335 Å². The van der Waals surface area contributed by atoms with Crippen molar-refractivity contribution in [2.75, 3.05) is 40.9 Å². The van der Waals surface area contributed by atoms with Crippen LogP contribution in [-0.2, 0) is 18.4 Å². The van der Waals surface area contributed by atoms with E-state index in [9.17, 15) is 19.4 Å². The molecule has 9 heteroatoms. The molecule has 1 amide bonds. The van der Waals surface area contributed by atoms with E-state index < -0.39 is 20.0 Å². The highest BCUT2D eigenvalue weighted by Gasteiger charge is 2.24. The van der Waals surface area contributed by atoms with Gasteiger partial charge in [-0.1, -0.05) is 187 Å². The van der Waals surface area contributed by atoms with E-state index in [2.05, 4.69) is 31.3 Å². The number of quaternary nitrogens is 1. The summed E-state index contributed by atoms with van der Waals surface area (Å²) in [5.74, 6) is -0.172. The van der Waals surface area contributed by atoms with Crippen molar-refractivity contribution in [3.05, 3.63) is 12.2 Å². The van der Waals surface area contributed by atoms with E-state index in [1.807, 2.05) is 21.1 Å². The van der Waals surface area contributed by atoms with Crippen molar-refractivity contribution in [1.29, 1.82) is 0 Å². The van der Waals surface area contributed by atoms with Crippen LogP contribution in [0.25, 0.3) is 0 Å². The SMILES string of the molecule is CCCCCCCCCCC/C=C/CCCC[C@@H](O)[C@H](COP(=O)([O-])OCC[N+](C)(C)C)NC(=O)CCCCCCCCCCCCCCCCCCC. The van der Waals surface area contributed by atoms with Gasteiger partial charge in [0.1, 0.15) is 13.2 Å². The molecule has 0 saturated carbocycles. The third-order valence-electron chi connectivity index (χ3n) is 10.5. The Bertz CT molecular complexity index is 896. The van der Waals surface area contributed by atoms with Gasteiger partial charge in [0.15, 0.2) is 0 Å². The van der Waals surface area contributed by atoms with E-state index in [4.69, 9.17) is 9.05 Å². The summed E-state index contributed by atoms with van der Waals surface area (Å²) in [4.78, 5) is 25.3. The number of allylic oxidation sites excluding steroid dienone is 2. The Balaban J connectivity index is 4.35. The smallest absolute Gasteiger partial charge is 0.268 e. The van der Waals surface area contributed by atoms with Gasteiger partial charge in [-0.25, -0.2) is 0 Å². The van der Waals surface area contributed by atoms with Gasteiger partial charge in [-0.15, -0.1) is 0 Å². The van der Waals surface area contributed by atoms with Gasteiger partial charge in [0.25, 0.3) is 7.82 Å². The topological polar surface area (TPSA) is 108 Å². The van der Waals surface area contributed by atoms with E-state index in [-0.39, 0.29) is 19.1 Å². The Morgan fingerprint density at radius 3 is 1.44 bits per heavy atom. The predicted octanol–water partition coefficient (Wildman–Crippen LogP) is 12.1. The van der Waals surface area contributed by atoms with E-state index in [1.54, 1.807) is 0 Å². The first-order valence-electron chi connectivity index (χ1n) is 23.0. The second-order valence-corrected chi connectivity index (χ2v) is 18.5. The van der Waals surface area contributed by atoms with Crippen molar-refractivity contribution in [2.45, 2.75) is 231 Å². The molecule has 0 aliphatic heterocycles. The maximum atomic E-state index is 12.9. The van der Waals surface area contributed by atoms with Gasteiger partial charge in [0.05, 0.1) is 39.9 Å². The quantitative estimate of drug-likeness (QED) is 0.0276. The van der Waals surface area contributed by atoms with Crippen molar-refractivity contribution in [2.24, 2.45) is 0 Å². The fourth-order valence-electron chi connectivity index (χ4n) is 6.80. The van der Waals surface area contributed by atoms with Crippen molar-refractivity contribution < 1.29 is 32.9 Å². The summed E-state index contributed by atoms with van der Waals surface area (Å²) in [5, 5.41) is 13.9. The van der Waals surface area contributed by atoms with E-state index in [0.717, 1.165) is 44.9 Å². The summed E-state index contributed by atoms with van der Waals surface area (Å²) in [5.41, 5.74) is 0. The molecule has 0 aromatic rings. The van der Waals surface area contributed by atoms with Crippen LogP contribution in [0, 0.1) is 0 Å². The Morgan fingerprint density at radius 1 is 0.630 bits per heavy atom. The number of hydrogen-bond donors (Lipinski definition) is 2. The molecule has 0 spiro atoms. The molecule has 0 rings (SSSR count). The van der Waals surface area contributed by atoms with Crippen LogP contribution in [0.5, 0.6) is 0 Å². The summed E-state index contributed by atoms with van der Waals surface area (Å²) in [7, 11) is 1.30. The molecule has 0 saturated heterocycles. The molecule has 0 radical (unpaired) electrons. The number of phosphoric acid groups is 1. The van der Waals surface area contributed by atoms with Gasteiger partial charge in [-0.2, -0.15) is 0 Å². The zero-order valence-corrected chi connectivity index (χ0v) is 37.3. The standard InChI is InChI=1S/C45H91N2O6P/c1-6-8-10-12-14-16-18-20-22-23-25-27-29-31-33-35-37-39-45(49)46-43(42-53-54(50,51)52-41-40-47(3,4)5)44(48)38-36-34-32-30-28-26-24-21-19-17-15-13-11-9-7-2/h28,30,43-44,48H,6-27,29,31-42H2,1-5H3,(H-,46,49,50,51)/b30-28+/t43-,44+/m0/s1. The first kappa shape index (κ1) is 53.2. The lowest BCUT2D eigenvalue weighted by Crippen LogP contribution is -2.46. The minimum Gasteiger partial charge on any atom is -0.756 e. The average molecular weight is 787 g/mol. The van der Waals surface area contributed by atoms with Crippen LogP contribution in [0.3, 0.4) is 0 Å². The van der Waals surface area contributed by atoms with Crippen LogP contribution >= 0.6 is 7.82 Å². The van der Waals surface area contributed by atoms with Crippen LogP contribution in [0.15, 0.2) is 12.2 Å². The summed E-state index contributed by atoms with van der Waals surface area (Å²) in [6.07, 6.45) is 42.1. The number of carbonyl (C=O) groups is 1. The van der Waals surface area contributed by atoms with Gasteiger partial charge >= 0.3 is 0 Å². The number of aliphatic hydroxyl groups excluding tert-OH is 1. The molecule has 0 bridgehead atoms. The number of carbonyl (C=O) groups excluding carboxylic acids is 1. The number of likely N-dealkylation sites (N-methyl/N-ethyl adjacent to an activating group) is 1. The Kier molecular flexibility index (Phi) is 37.3. The summed E-state index contributed by atoms with van der Waals surface area (Å²) < 4.78 is 23.3. The normalized spacial score (nSPS) is 14.4. The van der Waals surface area contributed by atoms with E-state index in [0.29, 0.717) is 23.9 Å². The molecule has 0 aromatic carbocycles. The molecular formula is C45H91N2O6P. The third-order valence-corrected chi connectivity index (χ3v) is 11.5. The summed E-state index contributed by atoms with van der Waals surface area (Å²) in [6, 6.07) is -0.810. The monoisotopic (exact) mass is 787 g/mol. The fraction of sp³-hybridized carbons (Fsp3) is 0.933. The number of phosphoric ester groups is 1. The van der Waals surface area contributed by atoms with E-state index >= 15 is 0 Å². The van der Waals surface area contributed by atoms with Crippen LogP contribution in [-0.4, -0.2) is 68.5 Å². The molecule has 0 heterocycles. The molecule has 0 fully saturated rings. The number of amides is 1. The number of aliphatic hydroxyl groups is 1. The van der Waals surface area contributed by atoms with Gasteiger partial charge in [-0.05, 0) is 38.5 Å². The number of nitrogens with zero attached hydrogens (tertiary/aromatic N) is 1. The van der Waals surface area contributed by atoms with Crippen LogP contribution in [0.1, 0.15) is 219 Å². The molecule has 2 N–H and O–H groups in total.